The third-order valence-corrected chi connectivity index (χ3v) is 6.98. The highest BCUT2D eigenvalue weighted by Gasteiger charge is 2.72. The van der Waals surface area contributed by atoms with Crippen LogP contribution >= 0.6 is 0 Å². The predicted molar refractivity (Wildman–Crippen MR) is 116 cm³/mol. The summed E-state index contributed by atoms with van der Waals surface area (Å²) in [7, 11) is 1.18. The average molecular weight is 510 g/mol. The van der Waals surface area contributed by atoms with Gasteiger partial charge in [-0.3, -0.25) is 9.59 Å². The van der Waals surface area contributed by atoms with Gasteiger partial charge in [0.05, 0.1) is 23.8 Å². The molecule has 13 heteroatoms. The number of carbonyl (C=O) groups excluding carboxylic acids is 2. The second kappa shape index (κ2) is 6.52. The number of ether oxygens (including phenoxy) is 4. The summed E-state index contributed by atoms with van der Waals surface area (Å²) < 4.78 is 26.9. The summed E-state index contributed by atoms with van der Waals surface area (Å²) >= 11 is 0. The first-order valence-electron chi connectivity index (χ1n) is 10.8. The van der Waals surface area contributed by atoms with E-state index in [0.717, 1.165) is 12.1 Å². The van der Waals surface area contributed by atoms with E-state index in [1.165, 1.54) is 13.2 Å². The minimum absolute atomic E-state index is 0.129. The Bertz CT molecular complexity index is 1730. The lowest BCUT2D eigenvalue weighted by atomic mass is 9.83. The molecule has 7 rings (SSSR count). The van der Waals surface area contributed by atoms with Gasteiger partial charge in [-0.15, -0.1) is 0 Å². The first kappa shape index (κ1) is 21.5. The largest absolute Gasteiger partial charge is 0.507 e. The van der Waals surface area contributed by atoms with Gasteiger partial charge < -0.3 is 48.9 Å². The molecule has 3 aromatic rings. The predicted octanol–water partition coefficient (Wildman–Crippen LogP) is 0.877. The van der Waals surface area contributed by atoms with Gasteiger partial charge in [0.2, 0.25) is 5.78 Å². The van der Waals surface area contributed by atoms with Crippen molar-refractivity contribution < 1.29 is 58.5 Å². The Morgan fingerprint density at radius 2 is 1.70 bits per heavy atom. The number of carbonyl (C=O) groups is 2. The molecule has 3 aliphatic heterocycles. The molecule has 0 bridgehead atoms. The van der Waals surface area contributed by atoms with Crippen molar-refractivity contribution in [1.82, 2.24) is 0 Å². The zero-order chi connectivity index (χ0) is 26.1. The van der Waals surface area contributed by atoms with Crippen LogP contribution in [0.25, 0.3) is 10.8 Å². The number of ketones is 2. The summed E-state index contributed by atoms with van der Waals surface area (Å²) in [6.07, 6.45) is -3.85. The monoisotopic (exact) mass is 510 g/mol. The molecule has 13 nitrogen and oxygen atoms in total. The number of Topliss-reactive ketones (excluding diaryl/α,β-unsaturated/α-hetero) is 2. The van der Waals surface area contributed by atoms with Crippen molar-refractivity contribution >= 4 is 22.3 Å². The Morgan fingerprint density at radius 1 is 0.946 bits per heavy atom. The second-order valence-electron chi connectivity index (χ2n) is 8.88. The number of allylic oxidation sites excluding steroid dienone is 1. The number of rotatable bonds is 1. The maximum absolute atomic E-state index is 13.4. The van der Waals surface area contributed by atoms with Crippen LogP contribution < -0.4 is 15.1 Å². The number of hydrogen-bond donors (Lipinski definition) is 5. The van der Waals surface area contributed by atoms with Gasteiger partial charge in [0, 0.05) is 23.1 Å². The quantitative estimate of drug-likeness (QED) is 0.228. The van der Waals surface area contributed by atoms with E-state index in [0.29, 0.717) is 0 Å². The van der Waals surface area contributed by atoms with Gasteiger partial charge in [0.15, 0.2) is 46.7 Å². The van der Waals surface area contributed by atoms with Gasteiger partial charge in [0.25, 0.3) is 5.95 Å². The van der Waals surface area contributed by atoms with E-state index in [4.69, 9.17) is 18.9 Å². The van der Waals surface area contributed by atoms with Crippen molar-refractivity contribution in [2.45, 2.75) is 24.1 Å². The summed E-state index contributed by atoms with van der Waals surface area (Å²) in [5, 5.41) is 52.5. The van der Waals surface area contributed by atoms with E-state index in [1.807, 2.05) is 0 Å². The molecule has 1 fully saturated rings. The van der Waals surface area contributed by atoms with Crippen molar-refractivity contribution in [1.29, 1.82) is 0 Å². The fourth-order valence-corrected chi connectivity index (χ4v) is 5.29. The number of aliphatic hydroxyl groups is 1. The van der Waals surface area contributed by atoms with Crippen LogP contribution in [0.5, 0.6) is 34.7 Å². The van der Waals surface area contributed by atoms with Gasteiger partial charge in [0.1, 0.15) is 17.2 Å². The lowest BCUT2D eigenvalue weighted by Gasteiger charge is -2.35. The van der Waals surface area contributed by atoms with Gasteiger partial charge in [-0.1, -0.05) is 0 Å². The number of phenolic OH excluding ortho intramolecular Hbond substituents is 3. The Morgan fingerprint density at radius 3 is 2.43 bits per heavy atom. The SMILES string of the molecule is COc1cc(O)c2c(c1O)C(=O)C1=C(C2=O)C(O)C2(O1)Oc1c(cc3cc(O)oc(=O)c3c1O)C1OC12. The summed E-state index contributed by atoms with van der Waals surface area (Å²) in [6, 6.07) is 3.48. The molecular formula is C24H14O13. The zero-order valence-electron chi connectivity index (χ0n) is 18.5. The molecule has 0 saturated carbocycles. The molecule has 4 heterocycles. The van der Waals surface area contributed by atoms with Crippen molar-refractivity contribution in [3.63, 3.8) is 0 Å². The first-order valence-corrected chi connectivity index (χ1v) is 10.8. The molecule has 37 heavy (non-hydrogen) atoms. The molecule has 5 N–H and O–H groups in total. The Kier molecular flexibility index (Phi) is 3.79. The molecule has 1 spiro atoms. The van der Waals surface area contributed by atoms with E-state index < -0.39 is 86.9 Å². The van der Waals surface area contributed by atoms with Gasteiger partial charge in [-0.25, -0.2) is 4.79 Å². The van der Waals surface area contributed by atoms with Gasteiger partial charge >= 0.3 is 11.4 Å². The number of aromatic hydroxyl groups is 4. The Balaban J connectivity index is 1.38. The summed E-state index contributed by atoms with van der Waals surface area (Å²) in [6.45, 7) is 0. The topological polar surface area (TPSA) is 206 Å². The van der Waals surface area contributed by atoms with Gasteiger partial charge in [-0.05, 0) is 6.07 Å². The minimum Gasteiger partial charge on any atom is -0.507 e. The van der Waals surface area contributed by atoms with Crippen LogP contribution in [0.15, 0.2) is 38.7 Å². The van der Waals surface area contributed by atoms with E-state index in [-0.39, 0.29) is 27.8 Å². The number of aliphatic hydroxyl groups excluding tert-OH is 1. The summed E-state index contributed by atoms with van der Waals surface area (Å²) in [5.41, 5.74) is -2.50. The maximum atomic E-state index is 13.4. The Hall–Kier alpha value is -4.75. The summed E-state index contributed by atoms with van der Waals surface area (Å²) in [5.74, 6) is -8.26. The highest BCUT2D eigenvalue weighted by molar-refractivity contribution is 6.29. The molecule has 188 valence electrons. The highest BCUT2D eigenvalue weighted by Crippen LogP contribution is 2.62. The fraction of sp³-hybridized carbons (Fsp3) is 0.208. The molecule has 4 aliphatic rings. The highest BCUT2D eigenvalue weighted by atomic mass is 16.8. The van der Waals surface area contributed by atoms with E-state index >= 15 is 0 Å². The van der Waals surface area contributed by atoms with E-state index in [9.17, 15) is 39.9 Å². The normalized spacial score (nSPS) is 26.8. The van der Waals surface area contributed by atoms with Crippen LogP contribution in [0.2, 0.25) is 0 Å². The maximum Gasteiger partial charge on any atom is 0.350 e. The lowest BCUT2D eigenvalue weighted by molar-refractivity contribution is -0.200. The van der Waals surface area contributed by atoms with Gasteiger partial charge in [-0.2, -0.15) is 0 Å². The zero-order valence-corrected chi connectivity index (χ0v) is 18.5. The molecule has 0 amide bonds. The van der Waals surface area contributed by atoms with Crippen molar-refractivity contribution in [3.05, 3.63) is 56.6 Å². The number of fused-ring (bicyclic) bond motifs is 6. The standard InChI is InChI=1S/C24H14O13/c1-33-8-4-7(25)11-12(14(8)27)17(30)20-13(15(11)28)21(31)24(37-20)22-19(35-22)6-2-5-3-9(26)34-23(32)10(5)16(29)18(6)36-24/h2-4,19,21-22,25-27,29,31H,1H3. The molecule has 4 unspecified atom stereocenters. The molecule has 4 atom stereocenters. The number of epoxide rings is 1. The molecule has 1 aliphatic carbocycles. The fourth-order valence-electron chi connectivity index (χ4n) is 5.29. The number of methoxy groups -OCH3 is 1. The third kappa shape index (κ3) is 2.41. The van der Waals surface area contributed by atoms with Crippen LogP contribution in [-0.4, -0.2) is 62.2 Å². The number of hydrogen-bond acceptors (Lipinski definition) is 13. The van der Waals surface area contributed by atoms with Crippen LogP contribution in [0.3, 0.4) is 0 Å². The van der Waals surface area contributed by atoms with Crippen LogP contribution in [0.1, 0.15) is 32.4 Å². The van der Waals surface area contributed by atoms with Crippen molar-refractivity contribution in [3.8, 4) is 34.7 Å². The molecule has 0 radical (unpaired) electrons. The van der Waals surface area contributed by atoms with Crippen molar-refractivity contribution in [2.75, 3.05) is 7.11 Å². The first-order chi connectivity index (χ1) is 17.6. The number of phenols is 3. The summed E-state index contributed by atoms with van der Waals surface area (Å²) in [4.78, 5) is 39.0. The van der Waals surface area contributed by atoms with E-state index in [2.05, 4.69) is 4.42 Å². The van der Waals surface area contributed by atoms with Crippen molar-refractivity contribution in [2.24, 2.45) is 0 Å². The van der Waals surface area contributed by atoms with Crippen LogP contribution in [-0.2, 0) is 9.47 Å². The van der Waals surface area contributed by atoms with Crippen LogP contribution in [0.4, 0.5) is 0 Å². The third-order valence-electron chi connectivity index (χ3n) is 6.98. The average Bonchev–Trinajstić information content (AvgIpc) is 3.60. The number of benzene rings is 2. The molecular weight excluding hydrogens is 496 g/mol. The Labute approximate surface area is 203 Å². The smallest absolute Gasteiger partial charge is 0.350 e. The minimum atomic E-state index is -2.23. The second-order valence-corrected chi connectivity index (χ2v) is 8.88. The lowest BCUT2D eigenvalue weighted by Crippen LogP contribution is -2.53. The molecule has 1 saturated heterocycles. The molecule has 2 aromatic carbocycles. The molecule has 1 aromatic heterocycles. The van der Waals surface area contributed by atoms with Crippen LogP contribution in [0, 0.1) is 0 Å². The van der Waals surface area contributed by atoms with E-state index in [1.54, 1.807) is 0 Å².